The molecule has 0 saturated carbocycles. The molecule has 1 aromatic carbocycles. The van der Waals surface area contributed by atoms with E-state index < -0.39 is 0 Å². The maximum absolute atomic E-state index is 13.0. The fourth-order valence-corrected chi connectivity index (χ4v) is 3.26. The summed E-state index contributed by atoms with van der Waals surface area (Å²) in [5, 5.41) is 3.47. The minimum absolute atomic E-state index is 0.146. The van der Waals surface area contributed by atoms with Gasteiger partial charge in [0, 0.05) is 6.54 Å². The minimum Gasteiger partial charge on any atom is -0.316 e. The van der Waals surface area contributed by atoms with Crippen LogP contribution in [0.25, 0.3) is 5.57 Å². The number of rotatable bonds is 1. The van der Waals surface area contributed by atoms with Crippen LogP contribution in [0.2, 0.25) is 0 Å². The Morgan fingerprint density at radius 2 is 2.00 bits per heavy atom. The van der Waals surface area contributed by atoms with Gasteiger partial charge in [0.25, 0.3) is 0 Å². The van der Waals surface area contributed by atoms with Gasteiger partial charge in [-0.05, 0) is 54.5 Å². The van der Waals surface area contributed by atoms with Crippen LogP contribution >= 0.6 is 0 Å². The summed E-state index contributed by atoms with van der Waals surface area (Å²) in [5.74, 6) is 1.27. The fourth-order valence-electron chi connectivity index (χ4n) is 3.26. The molecule has 1 aliphatic carbocycles. The second kappa shape index (κ2) is 4.26. The fraction of sp³-hybridized carbons (Fsp3) is 0.467. The van der Waals surface area contributed by atoms with Crippen LogP contribution in [0.1, 0.15) is 25.3 Å². The summed E-state index contributed by atoms with van der Waals surface area (Å²) < 4.78 is 13.0. The lowest BCUT2D eigenvalue weighted by molar-refractivity contribution is 0.383. The highest BCUT2D eigenvalue weighted by molar-refractivity contribution is 5.72. The van der Waals surface area contributed by atoms with Crippen LogP contribution in [-0.2, 0) is 0 Å². The van der Waals surface area contributed by atoms with E-state index in [0.29, 0.717) is 5.92 Å². The molecule has 2 unspecified atom stereocenters. The zero-order valence-electron chi connectivity index (χ0n) is 10.2. The lowest BCUT2D eigenvalue weighted by atomic mass is 9.88. The van der Waals surface area contributed by atoms with Crippen molar-refractivity contribution in [2.75, 3.05) is 13.1 Å². The molecule has 2 aliphatic rings. The first-order valence-corrected chi connectivity index (χ1v) is 6.44. The largest absolute Gasteiger partial charge is 0.316 e. The van der Waals surface area contributed by atoms with Crippen molar-refractivity contribution < 1.29 is 4.39 Å². The molecule has 0 radical (unpaired) electrons. The summed E-state index contributed by atoms with van der Waals surface area (Å²) >= 11 is 0. The van der Waals surface area contributed by atoms with Crippen LogP contribution in [0.15, 0.2) is 29.8 Å². The third-order valence-corrected chi connectivity index (χ3v) is 4.18. The van der Waals surface area contributed by atoms with Crippen molar-refractivity contribution in [1.29, 1.82) is 0 Å². The molecule has 1 aromatic rings. The topological polar surface area (TPSA) is 12.0 Å². The average Bonchev–Trinajstić information content (AvgIpc) is 2.69. The quantitative estimate of drug-likeness (QED) is 0.782. The number of allylic oxidation sites excluding steroid dienone is 1. The van der Waals surface area contributed by atoms with Gasteiger partial charge >= 0.3 is 0 Å². The summed E-state index contributed by atoms with van der Waals surface area (Å²) in [4.78, 5) is 0. The monoisotopic (exact) mass is 231 g/mol. The Hall–Kier alpha value is -1.15. The molecule has 2 atom stereocenters. The number of hydrogen-bond donors (Lipinski definition) is 1. The van der Waals surface area contributed by atoms with Crippen LogP contribution in [-0.4, -0.2) is 13.1 Å². The number of benzene rings is 1. The zero-order chi connectivity index (χ0) is 11.8. The Morgan fingerprint density at radius 1 is 1.24 bits per heavy atom. The highest BCUT2D eigenvalue weighted by Crippen LogP contribution is 2.44. The molecular weight excluding hydrogens is 213 g/mol. The van der Waals surface area contributed by atoms with E-state index in [9.17, 15) is 4.39 Å². The molecule has 1 aliphatic heterocycles. The van der Waals surface area contributed by atoms with Gasteiger partial charge in [-0.3, -0.25) is 0 Å². The molecule has 0 amide bonds. The summed E-state index contributed by atoms with van der Waals surface area (Å²) in [6.45, 7) is 4.53. The molecule has 1 heterocycles. The first kappa shape index (κ1) is 11.0. The third-order valence-electron chi connectivity index (χ3n) is 4.18. The van der Waals surface area contributed by atoms with E-state index in [0.717, 1.165) is 31.8 Å². The van der Waals surface area contributed by atoms with Gasteiger partial charge in [0.2, 0.25) is 0 Å². The average molecular weight is 231 g/mol. The van der Waals surface area contributed by atoms with Crippen LogP contribution in [0.5, 0.6) is 0 Å². The van der Waals surface area contributed by atoms with E-state index in [1.807, 2.05) is 12.1 Å². The van der Waals surface area contributed by atoms with Gasteiger partial charge in [0.1, 0.15) is 5.82 Å². The summed E-state index contributed by atoms with van der Waals surface area (Å²) in [6, 6.07) is 6.99. The van der Waals surface area contributed by atoms with E-state index in [-0.39, 0.29) is 5.82 Å². The normalized spacial score (nSPS) is 28.4. The summed E-state index contributed by atoms with van der Waals surface area (Å²) in [5.41, 5.74) is 4.31. The molecule has 1 fully saturated rings. The van der Waals surface area contributed by atoms with Gasteiger partial charge in [-0.2, -0.15) is 0 Å². The SMILES string of the molecule is CC1CC(c2ccc(F)cc2)=C2CCNCC21. The van der Waals surface area contributed by atoms with Crippen molar-refractivity contribution in [2.45, 2.75) is 19.8 Å². The van der Waals surface area contributed by atoms with Gasteiger partial charge in [-0.15, -0.1) is 0 Å². The highest BCUT2D eigenvalue weighted by Gasteiger charge is 2.33. The predicted molar refractivity (Wildman–Crippen MR) is 68.1 cm³/mol. The van der Waals surface area contributed by atoms with Crippen molar-refractivity contribution in [3.05, 3.63) is 41.2 Å². The molecule has 0 aromatic heterocycles. The molecular formula is C15H18FN. The molecule has 0 spiro atoms. The van der Waals surface area contributed by atoms with Crippen molar-refractivity contribution >= 4 is 5.57 Å². The molecule has 0 bridgehead atoms. The number of piperidine rings is 1. The standard InChI is InChI=1S/C15H18FN/c1-10-8-14(11-2-4-12(16)5-3-11)13-6-7-17-9-15(10)13/h2-5,10,15,17H,6-9H2,1H3. The van der Waals surface area contributed by atoms with Crippen LogP contribution < -0.4 is 5.32 Å². The van der Waals surface area contributed by atoms with E-state index in [1.165, 1.54) is 11.1 Å². The molecule has 90 valence electrons. The van der Waals surface area contributed by atoms with Crippen molar-refractivity contribution in [3.63, 3.8) is 0 Å². The van der Waals surface area contributed by atoms with Crippen LogP contribution in [0.4, 0.5) is 4.39 Å². The van der Waals surface area contributed by atoms with Gasteiger partial charge < -0.3 is 5.32 Å². The van der Waals surface area contributed by atoms with Gasteiger partial charge in [0.05, 0.1) is 0 Å². The number of hydrogen-bond acceptors (Lipinski definition) is 1. The summed E-state index contributed by atoms with van der Waals surface area (Å²) in [6.07, 6.45) is 2.30. The van der Waals surface area contributed by atoms with Crippen molar-refractivity contribution in [3.8, 4) is 0 Å². The Kier molecular flexibility index (Phi) is 2.75. The number of nitrogens with one attached hydrogen (secondary N) is 1. The first-order valence-electron chi connectivity index (χ1n) is 6.44. The van der Waals surface area contributed by atoms with Crippen LogP contribution in [0.3, 0.4) is 0 Å². The second-order valence-corrected chi connectivity index (χ2v) is 5.25. The van der Waals surface area contributed by atoms with E-state index >= 15 is 0 Å². The number of halogens is 1. The summed E-state index contributed by atoms with van der Waals surface area (Å²) in [7, 11) is 0. The first-order chi connectivity index (χ1) is 8.25. The molecule has 1 nitrogen and oxygen atoms in total. The second-order valence-electron chi connectivity index (χ2n) is 5.25. The van der Waals surface area contributed by atoms with E-state index in [4.69, 9.17) is 0 Å². The Morgan fingerprint density at radius 3 is 2.76 bits per heavy atom. The van der Waals surface area contributed by atoms with E-state index in [1.54, 1.807) is 17.7 Å². The van der Waals surface area contributed by atoms with Crippen molar-refractivity contribution in [2.24, 2.45) is 11.8 Å². The zero-order valence-corrected chi connectivity index (χ0v) is 10.2. The minimum atomic E-state index is -0.146. The third kappa shape index (κ3) is 1.91. The molecule has 3 rings (SSSR count). The maximum Gasteiger partial charge on any atom is 0.123 e. The highest BCUT2D eigenvalue weighted by atomic mass is 19.1. The van der Waals surface area contributed by atoms with Crippen molar-refractivity contribution in [1.82, 2.24) is 5.32 Å². The molecule has 1 N–H and O–H groups in total. The van der Waals surface area contributed by atoms with Crippen LogP contribution in [0, 0.1) is 17.7 Å². The molecule has 1 saturated heterocycles. The number of fused-ring (bicyclic) bond motifs is 1. The molecule has 17 heavy (non-hydrogen) atoms. The van der Waals surface area contributed by atoms with Gasteiger partial charge in [-0.25, -0.2) is 4.39 Å². The van der Waals surface area contributed by atoms with Gasteiger partial charge in [0.15, 0.2) is 0 Å². The van der Waals surface area contributed by atoms with Gasteiger partial charge in [-0.1, -0.05) is 24.6 Å². The Bertz CT molecular complexity index is 446. The predicted octanol–water partition coefficient (Wildman–Crippen LogP) is 3.23. The Labute approximate surface area is 102 Å². The Balaban J connectivity index is 1.98. The lowest BCUT2D eigenvalue weighted by Gasteiger charge is -2.25. The van der Waals surface area contributed by atoms with E-state index in [2.05, 4.69) is 12.2 Å². The lowest BCUT2D eigenvalue weighted by Crippen LogP contribution is -2.32. The molecule has 2 heteroatoms. The maximum atomic E-state index is 13.0. The smallest absolute Gasteiger partial charge is 0.123 e.